The Bertz CT molecular complexity index is 409. The predicted molar refractivity (Wildman–Crippen MR) is 66.3 cm³/mol. The SMILES string of the molecule is CC(C)CC1CNCC(c2ccc(F)c(F)c2)O1. The second kappa shape index (κ2) is 5.76. The lowest BCUT2D eigenvalue weighted by atomic mass is 10.0. The van der Waals surface area contributed by atoms with Crippen molar-refractivity contribution in [1.29, 1.82) is 0 Å². The van der Waals surface area contributed by atoms with Crippen molar-refractivity contribution in [3.8, 4) is 0 Å². The number of hydrogen-bond donors (Lipinski definition) is 1. The van der Waals surface area contributed by atoms with Crippen molar-refractivity contribution in [2.75, 3.05) is 13.1 Å². The highest BCUT2D eigenvalue weighted by molar-refractivity contribution is 5.21. The maximum Gasteiger partial charge on any atom is 0.159 e. The van der Waals surface area contributed by atoms with E-state index in [-0.39, 0.29) is 12.2 Å². The van der Waals surface area contributed by atoms with E-state index in [1.165, 1.54) is 6.07 Å². The Kier molecular flexibility index (Phi) is 4.30. The third-order valence-electron chi connectivity index (χ3n) is 3.11. The minimum atomic E-state index is -0.818. The predicted octanol–water partition coefficient (Wildman–Crippen LogP) is 3.04. The quantitative estimate of drug-likeness (QED) is 0.896. The van der Waals surface area contributed by atoms with Gasteiger partial charge in [0.05, 0.1) is 12.2 Å². The fourth-order valence-corrected chi connectivity index (χ4v) is 2.28. The first-order chi connectivity index (χ1) is 8.56. The van der Waals surface area contributed by atoms with Gasteiger partial charge in [0.25, 0.3) is 0 Å². The van der Waals surface area contributed by atoms with E-state index >= 15 is 0 Å². The maximum atomic E-state index is 13.2. The minimum Gasteiger partial charge on any atom is -0.368 e. The summed E-state index contributed by atoms with van der Waals surface area (Å²) in [6, 6.07) is 3.96. The molecule has 0 spiro atoms. The number of morpholine rings is 1. The number of halogens is 2. The van der Waals surface area contributed by atoms with Crippen LogP contribution in [0.3, 0.4) is 0 Å². The average Bonchev–Trinajstić information content (AvgIpc) is 2.32. The number of nitrogens with one attached hydrogen (secondary N) is 1. The minimum absolute atomic E-state index is 0.136. The molecule has 2 atom stereocenters. The Morgan fingerprint density at radius 1 is 1.28 bits per heavy atom. The van der Waals surface area contributed by atoms with Gasteiger partial charge in [0.15, 0.2) is 11.6 Å². The highest BCUT2D eigenvalue weighted by Crippen LogP contribution is 2.25. The van der Waals surface area contributed by atoms with E-state index in [0.717, 1.165) is 19.0 Å². The van der Waals surface area contributed by atoms with Gasteiger partial charge in [-0.25, -0.2) is 8.78 Å². The smallest absolute Gasteiger partial charge is 0.159 e. The van der Waals surface area contributed by atoms with E-state index in [2.05, 4.69) is 19.2 Å². The lowest BCUT2D eigenvalue weighted by Gasteiger charge is -2.32. The molecule has 0 amide bonds. The zero-order valence-electron chi connectivity index (χ0n) is 10.7. The molecule has 0 saturated carbocycles. The molecule has 1 N–H and O–H groups in total. The number of benzene rings is 1. The molecule has 0 bridgehead atoms. The van der Waals surface area contributed by atoms with E-state index in [1.54, 1.807) is 6.07 Å². The Morgan fingerprint density at radius 2 is 2.06 bits per heavy atom. The van der Waals surface area contributed by atoms with Crippen LogP contribution in [0.1, 0.15) is 31.9 Å². The molecule has 4 heteroatoms. The van der Waals surface area contributed by atoms with Crippen LogP contribution in [-0.2, 0) is 4.74 Å². The van der Waals surface area contributed by atoms with Crippen molar-refractivity contribution in [3.63, 3.8) is 0 Å². The lowest BCUT2D eigenvalue weighted by Crippen LogP contribution is -2.41. The highest BCUT2D eigenvalue weighted by Gasteiger charge is 2.24. The van der Waals surface area contributed by atoms with Crippen molar-refractivity contribution >= 4 is 0 Å². The van der Waals surface area contributed by atoms with Crippen molar-refractivity contribution in [2.45, 2.75) is 32.5 Å². The van der Waals surface area contributed by atoms with Crippen molar-refractivity contribution < 1.29 is 13.5 Å². The van der Waals surface area contributed by atoms with E-state index in [1.807, 2.05) is 0 Å². The van der Waals surface area contributed by atoms with Gasteiger partial charge < -0.3 is 10.1 Å². The molecule has 1 aliphatic rings. The third kappa shape index (κ3) is 3.27. The lowest BCUT2D eigenvalue weighted by molar-refractivity contribution is -0.0475. The summed E-state index contributed by atoms with van der Waals surface area (Å²) in [4.78, 5) is 0. The summed E-state index contributed by atoms with van der Waals surface area (Å²) < 4.78 is 32.0. The Morgan fingerprint density at radius 3 is 2.72 bits per heavy atom. The van der Waals surface area contributed by atoms with Crippen LogP contribution in [-0.4, -0.2) is 19.2 Å². The summed E-state index contributed by atoms with van der Waals surface area (Å²) in [7, 11) is 0. The molecule has 1 aliphatic heterocycles. The normalized spacial score (nSPS) is 24.5. The Hall–Kier alpha value is -1.00. The van der Waals surface area contributed by atoms with Gasteiger partial charge in [0, 0.05) is 13.1 Å². The summed E-state index contributed by atoms with van der Waals surface area (Å²) >= 11 is 0. The molecule has 1 heterocycles. The molecule has 18 heavy (non-hydrogen) atoms. The molecule has 1 saturated heterocycles. The van der Waals surface area contributed by atoms with Gasteiger partial charge in [-0.2, -0.15) is 0 Å². The monoisotopic (exact) mass is 255 g/mol. The van der Waals surface area contributed by atoms with E-state index in [0.29, 0.717) is 18.0 Å². The molecular weight excluding hydrogens is 236 g/mol. The summed E-state index contributed by atoms with van der Waals surface area (Å²) in [5.74, 6) is -1.08. The van der Waals surface area contributed by atoms with Crippen LogP contribution in [0.25, 0.3) is 0 Å². The van der Waals surface area contributed by atoms with Gasteiger partial charge in [0.2, 0.25) is 0 Å². The summed E-state index contributed by atoms with van der Waals surface area (Å²) in [6.45, 7) is 5.74. The molecule has 2 rings (SSSR count). The van der Waals surface area contributed by atoms with Crippen LogP contribution in [0, 0.1) is 17.6 Å². The number of ether oxygens (including phenoxy) is 1. The van der Waals surface area contributed by atoms with Gasteiger partial charge in [0.1, 0.15) is 0 Å². The Balaban J connectivity index is 2.05. The fraction of sp³-hybridized carbons (Fsp3) is 0.571. The maximum absolute atomic E-state index is 13.2. The first-order valence-corrected chi connectivity index (χ1v) is 6.37. The van der Waals surface area contributed by atoms with E-state index < -0.39 is 11.6 Å². The van der Waals surface area contributed by atoms with Crippen LogP contribution in [0.2, 0.25) is 0 Å². The molecule has 0 aliphatic carbocycles. The van der Waals surface area contributed by atoms with Gasteiger partial charge in [-0.15, -0.1) is 0 Å². The first kappa shape index (κ1) is 13.4. The molecule has 2 unspecified atom stereocenters. The topological polar surface area (TPSA) is 21.3 Å². The van der Waals surface area contributed by atoms with Gasteiger partial charge in [-0.3, -0.25) is 0 Å². The zero-order valence-corrected chi connectivity index (χ0v) is 10.7. The second-order valence-corrected chi connectivity index (χ2v) is 5.21. The van der Waals surface area contributed by atoms with Gasteiger partial charge in [-0.1, -0.05) is 19.9 Å². The summed E-state index contributed by atoms with van der Waals surface area (Å²) in [5.41, 5.74) is 0.690. The first-order valence-electron chi connectivity index (χ1n) is 6.37. The van der Waals surface area contributed by atoms with Crippen molar-refractivity contribution in [1.82, 2.24) is 5.32 Å². The van der Waals surface area contributed by atoms with Crippen LogP contribution >= 0.6 is 0 Å². The Labute approximate surface area is 106 Å². The van der Waals surface area contributed by atoms with Crippen LogP contribution in [0.15, 0.2) is 18.2 Å². The van der Waals surface area contributed by atoms with E-state index in [9.17, 15) is 8.78 Å². The van der Waals surface area contributed by atoms with Crippen molar-refractivity contribution in [3.05, 3.63) is 35.4 Å². The van der Waals surface area contributed by atoms with Gasteiger partial charge in [-0.05, 0) is 30.0 Å². The van der Waals surface area contributed by atoms with Gasteiger partial charge >= 0.3 is 0 Å². The summed E-state index contributed by atoms with van der Waals surface area (Å²) in [5, 5.41) is 3.28. The van der Waals surface area contributed by atoms with Crippen LogP contribution in [0.5, 0.6) is 0 Å². The third-order valence-corrected chi connectivity index (χ3v) is 3.11. The number of hydrogen-bond acceptors (Lipinski definition) is 2. The molecule has 100 valence electrons. The molecule has 0 aromatic heterocycles. The number of rotatable bonds is 3. The molecular formula is C14H19F2NO. The summed E-state index contributed by atoms with van der Waals surface area (Å²) in [6.07, 6.45) is 0.905. The zero-order chi connectivity index (χ0) is 13.1. The van der Waals surface area contributed by atoms with E-state index in [4.69, 9.17) is 4.74 Å². The van der Waals surface area contributed by atoms with Crippen LogP contribution in [0.4, 0.5) is 8.78 Å². The fourth-order valence-electron chi connectivity index (χ4n) is 2.28. The standard InChI is InChI=1S/C14H19F2NO/c1-9(2)5-11-7-17-8-14(18-11)10-3-4-12(15)13(16)6-10/h3-4,6,9,11,14,17H,5,7-8H2,1-2H3. The molecule has 1 fully saturated rings. The van der Waals surface area contributed by atoms with Crippen molar-refractivity contribution in [2.24, 2.45) is 5.92 Å². The second-order valence-electron chi connectivity index (χ2n) is 5.21. The largest absolute Gasteiger partial charge is 0.368 e. The van der Waals surface area contributed by atoms with Crippen LogP contribution < -0.4 is 5.32 Å². The molecule has 2 nitrogen and oxygen atoms in total. The molecule has 1 aromatic rings. The molecule has 1 aromatic carbocycles. The molecule has 0 radical (unpaired) electrons. The average molecular weight is 255 g/mol. The highest BCUT2D eigenvalue weighted by atomic mass is 19.2.